The van der Waals surface area contributed by atoms with E-state index in [1.54, 1.807) is 11.8 Å². The molecule has 0 bridgehead atoms. The minimum absolute atomic E-state index is 0.169. The zero-order chi connectivity index (χ0) is 15.0. The first-order valence-corrected chi connectivity index (χ1v) is 8.64. The van der Waals surface area contributed by atoms with Crippen LogP contribution in [0.1, 0.15) is 45.1 Å². The Kier molecular flexibility index (Phi) is 7.52. The van der Waals surface area contributed by atoms with Crippen molar-refractivity contribution < 1.29 is 0 Å². The molecule has 0 atom stereocenters. The molecule has 0 unspecified atom stereocenters. The lowest BCUT2D eigenvalue weighted by Crippen LogP contribution is -2.29. The first-order chi connectivity index (χ1) is 9.65. The van der Waals surface area contributed by atoms with E-state index in [0.29, 0.717) is 0 Å². The van der Waals surface area contributed by atoms with Crippen molar-refractivity contribution in [3.05, 3.63) is 23.8 Å². The molecule has 3 nitrogen and oxygen atoms in total. The molecule has 0 aliphatic carbocycles. The van der Waals surface area contributed by atoms with E-state index in [0.717, 1.165) is 29.2 Å². The van der Waals surface area contributed by atoms with Gasteiger partial charge in [-0.15, -0.1) is 11.8 Å². The van der Waals surface area contributed by atoms with Crippen molar-refractivity contribution in [1.82, 2.24) is 0 Å². The number of hydrogen-bond acceptors (Lipinski definition) is 3. The predicted octanol–water partition coefficient (Wildman–Crippen LogP) is 4.10. The van der Waals surface area contributed by atoms with Crippen LogP contribution in [-0.4, -0.2) is 25.2 Å². The third kappa shape index (κ3) is 4.44. The Balaban J connectivity index is 3.13. The second-order valence-electron chi connectivity index (χ2n) is 4.96. The summed E-state index contributed by atoms with van der Waals surface area (Å²) in [6.07, 6.45) is 6.74. The molecule has 0 heterocycles. The fourth-order valence-corrected chi connectivity index (χ4v) is 2.91. The Hall–Kier alpha value is -1.16. The van der Waals surface area contributed by atoms with Crippen LogP contribution >= 0.6 is 11.8 Å². The summed E-state index contributed by atoms with van der Waals surface area (Å²) in [4.78, 5) is 3.48. The lowest BCUT2D eigenvalue weighted by atomic mass is 10.1. The van der Waals surface area contributed by atoms with Crippen molar-refractivity contribution in [1.29, 1.82) is 5.41 Å². The van der Waals surface area contributed by atoms with Crippen molar-refractivity contribution in [2.75, 3.05) is 24.2 Å². The summed E-state index contributed by atoms with van der Waals surface area (Å²) in [5.74, 6) is 0.169. The molecule has 1 aromatic rings. The number of nitrogens with one attached hydrogen (secondary N) is 1. The number of nitrogen functional groups attached to an aromatic ring is 1. The van der Waals surface area contributed by atoms with E-state index in [1.165, 1.54) is 25.7 Å². The number of amidine groups is 1. The maximum Gasteiger partial charge on any atom is 0.126 e. The number of benzene rings is 1. The van der Waals surface area contributed by atoms with Gasteiger partial charge in [-0.1, -0.05) is 32.8 Å². The molecular weight excluding hydrogens is 266 g/mol. The van der Waals surface area contributed by atoms with Crippen LogP contribution in [0, 0.1) is 5.41 Å². The number of rotatable bonds is 9. The maximum absolute atomic E-state index is 7.91. The van der Waals surface area contributed by atoms with E-state index < -0.39 is 0 Å². The zero-order valence-electron chi connectivity index (χ0n) is 12.9. The molecule has 0 aliphatic rings. The van der Waals surface area contributed by atoms with Crippen LogP contribution in [0.5, 0.6) is 0 Å². The Morgan fingerprint density at radius 2 is 1.80 bits per heavy atom. The SMILES string of the molecule is CCCCN(CCCC)c1cccc(SC)c1C(=N)N. The van der Waals surface area contributed by atoms with Crippen LogP contribution < -0.4 is 10.6 Å². The van der Waals surface area contributed by atoms with Crippen LogP contribution in [0.4, 0.5) is 5.69 Å². The van der Waals surface area contributed by atoms with Crippen LogP contribution in [0.25, 0.3) is 0 Å². The molecule has 20 heavy (non-hydrogen) atoms. The maximum atomic E-state index is 7.91. The standard InChI is InChI=1S/C16H27N3S/c1-4-6-11-19(12-7-5-2)13-9-8-10-14(20-3)15(13)16(17)18/h8-10H,4-7,11-12H2,1-3H3,(H3,17,18). The second-order valence-corrected chi connectivity index (χ2v) is 5.81. The van der Waals surface area contributed by atoms with Crippen LogP contribution in [0.15, 0.2) is 23.1 Å². The van der Waals surface area contributed by atoms with Gasteiger partial charge in [0.25, 0.3) is 0 Å². The van der Waals surface area contributed by atoms with Gasteiger partial charge in [-0.2, -0.15) is 0 Å². The highest BCUT2D eigenvalue weighted by molar-refractivity contribution is 7.98. The number of nitrogens with two attached hydrogens (primary N) is 1. The number of unbranched alkanes of at least 4 members (excludes halogenated alkanes) is 2. The van der Waals surface area contributed by atoms with Crippen molar-refractivity contribution in [2.45, 2.75) is 44.4 Å². The fraction of sp³-hybridized carbons (Fsp3) is 0.562. The highest BCUT2D eigenvalue weighted by Gasteiger charge is 2.15. The summed E-state index contributed by atoms with van der Waals surface area (Å²) < 4.78 is 0. The zero-order valence-corrected chi connectivity index (χ0v) is 13.7. The monoisotopic (exact) mass is 293 g/mol. The first-order valence-electron chi connectivity index (χ1n) is 7.42. The van der Waals surface area contributed by atoms with Gasteiger partial charge in [0, 0.05) is 23.7 Å². The molecule has 0 saturated carbocycles. The Labute approximate surface area is 127 Å². The quantitative estimate of drug-likeness (QED) is 0.409. The first kappa shape index (κ1) is 16.9. The third-order valence-electron chi connectivity index (χ3n) is 3.40. The number of anilines is 1. The average Bonchev–Trinajstić information content (AvgIpc) is 2.46. The van der Waals surface area contributed by atoms with E-state index in [1.807, 2.05) is 12.3 Å². The Morgan fingerprint density at radius 3 is 2.25 bits per heavy atom. The third-order valence-corrected chi connectivity index (χ3v) is 4.18. The predicted molar refractivity (Wildman–Crippen MR) is 91.3 cm³/mol. The molecule has 0 radical (unpaired) electrons. The molecule has 3 N–H and O–H groups in total. The minimum atomic E-state index is 0.169. The van der Waals surface area contributed by atoms with Gasteiger partial charge in [-0.05, 0) is 31.2 Å². The van der Waals surface area contributed by atoms with Crippen LogP contribution in [0.3, 0.4) is 0 Å². The number of hydrogen-bond donors (Lipinski definition) is 2. The van der Waals surface area contributed by atoms with Gasteiger partial charge in [-0.25, -0.2) is 0 Å². The highest BCUT2D eigenvalue weighted by Crippen LogP contribution is 2.29. The fourth-order valence-electron chi connectivity index (χ4n) is 2.27. The second kappa shape index (κ2) is 8.90. The average molecular weight is 293 g/mol. The van der Waals surface area contributed by atoms with Crippen molar-refractivity contribution >= 4 is 23.3 Å². The molecule has 112 valence electrons. The molecule has 0 aromatic heterocycles. The molecule has 0 aliphatic heterocycles. The summed E-state index contributed by atoms with van der Waals surface area (Å²) in [5, 5.41) is 7.91. The molecule has 0 spiro atoms. The van der Waals surface area contributed by atoms with Gasteiger partial charge in [0.1, 0.15) is 5.84 Å². The van der Waals surface area contributed by atoms with Gasteiger partial charge < -0.3 is 10.6 Å². The molecule has 0 saturated heterocycles. The summed E-state index contributed by atoms with van der Waals surface area (Å²) in [6.45, 7) is 6.49. The number of nitrogens with zero attached hydrogens (tertiary/aromatic N) is 1. The smallest absolute Gasteiger partial charge is 0.126 e. The van der Waals surface area contributed by atoms with E-state index in [2.05, 4.69) is 30.9 Å². The van der Waals surface area contributed by atoms with E-state index in [4.69, 9.17) is 11.1 Å². The van der Waals surface area contributed by atoms with E-state index >= 15 is 0 Å². The van der Waals surface area contributed by atoms with E-state index in [9.17, 15) is 0 Å². The Bertz CT molecular complexity index is 424. The summed E-state index contributed by atoms with van der Waals surface area (Å²) in [7, 11) is 0. The summed E-state index contributed by atoms with van der Waals surface area (Å²) in [5.41, 5.74) is 7.84. The highest BCUT2D eigenvalue weighted by atomic mass is 32.2. The van der Waals surface area contributed by atoms with Crippen molar-refractivity contribution in [2.24, 2.45) is 5.73 Å². The van der Waals surface area contributed by atoms with Gasteiger partial charge in [-0.3, -0.25) is 5.41 Å². The number of thioether (sulfide) groups is 1. The normalized spacial score (nSPS) is 10.6. The van der Waals surface area contributed by atoms with Gasteiger partial charge in [0.05, 0.1) is 5.56 Å². The summed E-state index contributed by atoms with van der Waals surface area (Å²) in [6, 6.07) is 6.21. The Morgan fingerprint density at radius 1 is 1.20 bits per heavy atom. The van der Waals surface area contributed by atoms with Crippen molar-refractivity contribution in [3.8, 4) is 0 Å². The van der Waals surface area contributed by atoms with Gasteiger partial charge in [0.2, 0.25) is 0 Å². The lowest BCUT2D eigenvalue weighted by Gasteiger charge is -2.27. The molecular formula is C16H27N3S. The molecule has 1 aromatic carbocycles. The minimum Gasteiger partial charge on any atom is -0.384 e. The van der Waals surface area contributed by atoms with Crippen LogP contribution in [-0.2, 0) is 0 Å². The molecule has 1 rings (SSSR count). The van der Waals surface area contributed by atoms with Gasteiger partial charge >= 0.3 is 0 Å². The topological polar surface area (TPSA) is 53.1 Å². The van der Waals surface area contributed by atoms with E-state index in [-0.39, 0.29) is 5.84 Å². The molecule has 0 fully saturated rings. The van der Waals surface area contributed by atoms with Gasteiger partial charge in [0.15, 0.2) is 0 Å². The van der Waals surface area contributed by atoms with Crippen LogP contribution in [0.2, 0.25) is 0 Å². The largest absolute Gasteiger partial charge is 0.384 e. The molecule has 4 heteroatoms. The van der Waals surface area contributed by atoms with Crippen molar-refractivity contribution in [3.63, 3.8) is 0 Å². The summed E-state index contributed by atoms with van der Waals surface area (Å²) >= 11 is 1.66. The lowest BCUT2D eigenvalue weighted by molar-refractivity contribution is 0.677. The molecule has 0 amide bonds.